The van der Waals surface area contributed by atoms with Gasteiger partial charge in [0, 0.05) is 12.6 Å². The molecule has 0 bridgehead atoms. The molecule has 0 aromatic heterocycles. The lowest BCUT2D eigenvalue weighted by atomic mass is 10.1. The van der Waals surface area contributed by atoms with Crippen molar-refractivity contribution in [3.63, 3.8) is 0 Å². The molecule has 0 saturated carbocycles. The molecule has 0 heterocycles. The zero-order valence-electron chi connectivity index (χ0n) is 13.2. The van der Waals surface area contributed by atoms with Gasteiger partial charge in [0.1, 0.15) is 6.29 Å². The second kappa shape index (κ2) is 10.3. The minimum atomic E-state index is -0.107. The average Bonchev–Trinajstić information content (AvgIpc) is 2.53. The Morgan fingerprint density at radius 2 is 1.91 bits per heavy atom. The van der Waals surface area contributed by atoms with E-state index in [0.717, 1.165) is 30.3 Å². The van der Waals surface area contributed by atoms with Crippen LogP contribution in [-0.4, -0.2) is 12.2 Å². The maximum Gasteiger partial charge on any atom is 0.244 e. The Morgan fingerprint density at radius 3 is 2.59 bits per heavy atom. The summed E-state index contributed by atoms with van der Waals surface area (Å²) in [6.07, 6.45) is 9.69. The predicted molar refractivity (Wildman–Crippen MR) is 90.2 cm³/mol. The minimum absolute atomic E-state index is 0.107. The largest absolute Gasteiger partial charge is 0.348 e. The normalized spacial score (nSPS) is 12.5. The minimum Gasteiger partial charge on any atom is -0.348 e. The van der Waals surface area contributed by atoms with Gasteiger partial charge in [0.25, 0.3) is 0 Å². The van der Waals surface area contributed by atoms with Gasteiger partial charge in [0.15, 0.2) is 0 Å². The van der Waals surface area contributed by atoms with Crippen LogP contribution in [0.3, 0.4) is 0 Å². The van der Waals surface area contributed by atoms with E-state index in [9.17, 15) is 9.59 Å². The number of hydrogen-bond acceptors (Lipinski definition) is 2. The van der Waals surface area contributed by atoms with Crippen molar-refractivity contribution in [2.45, 2.75) is 33.2 Å². The molecule has 1 aromatic carbocycles. The van der Waals surface area contributed by atoms with Crippen molar-refractivity contribution in [2.75, 3.05) is 0 Å². The number of carbonyl (C=O) groups is 2. The number of rotatable bonds is 8. The summed E-state index contributed by atoms with van der Waals surface area (Å²) in [6.45, 7) is 4.34. The van der Waals surface area contributed by atoms with Crippen molar-refractivity contribution < 1.29 is 9.59 Å². The van der Waals surface area contributed by atoms with E-state index >= 15 is 0 Å². The molecule has 116 valence electrons. The highest BCUT2D eigenvalue weighted by molar-refractivity contribution is 5.87. The van der Waals surface area contributed by atoms with Crippen LogP contribution in [0.2, 0.25) is 0 Å². The van der Waals surface area contributed by atoms with Crippen molar-refractivity contribution in [1.29, 1.82) is 0 Å². The molecule has 0 unspecified atom stereocenters. The number of carbonyl (C=O) groups excluding carboxylic acids is 2. The summed E-state index contributed by atoms with van der Waals surface area (Å²) >= 11 is 0. The van der Waals surface area contributed by atoms with E-state index in [4.69, 9.17) is 0 Å². The molecule has 0 saturated heterocycles. The predicted octanol–water partition coefficient (Wildman–Crippen LogP) is 3.73. The van der Waals surface area contributed by atoms with E-state index in [1.807, 2.05) is 49.4 Å². The van der Waals surface area contributed by atoms with Crippen LogP contribution in [0.1, 0.15) is 32.3 Å². The fourth-order valence-corrected chi connectivity index (χ4v) is 1.80. The topological polar surface area (TPSA) is 46.2 Å². The molecule has 0 aliphatic heterocycles. The Bertz CT molecular complexity index is 568. The first-order chi connectivity index (χ1) is 10.6. The Morgan fingerprint density at radius 1 is 1.18 bits per heavy atom. The molecule has 3 nitrogen and oxygen atoms in total. The van der Waals surface area contributed by atoms with Crippen LogP contribution in [0.25, 0.3) is 0 Å². The van der Waals surface area contributed by atoms with E-state index in [1.54, 1.807) is 13.0 Å². The Hall–Kier alpha value is -2.42. The lowest BCUT2D eigenvalue weighted by Crippen LogP contribution is -2.20. The fourth-order valence-electron chi connectivity index (χ4n) is 1.80. The van der Waals surface area contributed by atoms with Crippen LogP contribution in [0.5, 0.6) is 0 Å². The molecule has 1 amide bonds. The molecule has 22 heavy (non-hydrogen) atoms. The van der Waals surface area contributed by atoms with Gasteiger partial charge >= 0.3 is 0 Å². The Labute approximate surface area is 132 Å². The zero-order chi connectivity index (χ0) is 16.2. The average molecular weight is 297 g/mol. The molecule has 0 spiro atoms. The second-order valence-electron chi connectivity index (χ2n) is 5.18. The van der Waals surface area contributed by atoms with Crippen LogP contribution in [-0.2, 0) is 16.1 Å². The van der Waals surface area contributed by atoms with Crippen molar-refractivity contribution in [1.82, 2.24) is 5.32 Å². The SMILES string of the molecule is C/C(C=O)=C\CC/C(C)=C/C=C/C(=O)NCc1ccccc1. The van der Waals surface area contributed by atoms with Gasteiger partial charge in [0.05, 0.1) is 0 Å². The van der Waals surface area contributed by atoms with Crippen LogP contribution < -0.4 is 5.32 Å². The van der Waals surface area contributed by atoms with Gasteiger partial charge in [-0.25, -0.2) is 0 Å². The van der Waals surface area contributed by atoms with Gasteiger partial charge in [-0.1, -0.05) is 54.1 Å². The van der Waals surface area contributed by atoms with Crippen molar-refractivity contribution in [3.8, 4) is 0 Å². The molecular formula is C19H23NO2. The second-order valence-corrected chi connectivity index (χ2v) is 5.18. The van der Waals surface area contributed by atoms with Crippen LogP contribution >= 0.6 is 0 Å². The molecule has 0 aliphatic rings. The molecule has 3 heteroatoms. The highest BCUT2D eigenvalue weighted by Crippen LogP contribution is 2.06. The smallest absolute Gasteiger partial charge is 0.244 e. The summed E-state index contributed by atoms with van der Waals surface area (Å²) in [5, 5.41) is 2.84. The first-order valence-corrected chi connectivity index (χ1v) is 7.39. The highest BCUT2D eigenvalue weighted by atomic mass is 16.1. The van der Waals surface area contributed by atoms with Crippen LogP contribution in [0.15, 0.2) is 65.8 Å². The molecule has 1 rings (SSSR count). The first-order valence-electron chi connectivity index (χ1n) is 7.39. The third-order valence-corrected chi connectivity index (χ3v) is 3.13. The number of amides is 1. The molecule has 0 aliphatic carbocycles. The van der Waals surface area contributed by atoms with Crippen LogP contribution in [0, 0.1) is 0 Å². The monoisotopic (exact) mass is 297 g/mol. The van der Waals surface area contributed by atoms with Gasteiger partial charge in [-0.15, -0.1) is 0 Å². The quantitative estimate of drug-likeness (QED) is 0.451. The van der Waals surface area contributed by atoms with Gasteiger partial charge < -0.3 is 5.32 Å². The third kappa shape index (κ3) is 8.00. The molecule has 1 aromatic rings. The highest BCUT2D eigenvalue weighted by Gasteiger charge is 1.95. The summed E-state index contributed by atoms with van der Waals surface area (Å²) in [6, 6.07) is 9.80. The maximum atomic E-state index is 11.7. The summed E-state index contributed by atoms with van der Waals surface area (Å²) in [5.41, 5.74) is 3.00. The van der Waals surface area contributed by atoms with Crippen molar-refractivity contribution in [2.24, 2.45) is 0 Å². The number of nitrogens with one attached hydrogen (secondary N) is 1. The zero-order valence-corrected chi connectivity index (χ0v) is 13.2. The third-order valence-electron chi connectivity index (χ3n) is 3.13. The summed E-state index contributed by atoms with van der Waals surface area (Å²) in [5.74, 6) is -0.107. The Kier molecular flexibility index (Phi) is 8.28. The van der Waals surface area contributed by atoms with E-state index in [-0.39, 0.29) is 5.91 Å². The standard InChI is InChI=1S/C19H23NO2/c1-16(8-6-10-17(2)15-21)9-7-13-19(22)20-14-18-11-4-3-5-12-18/h3-5,7,9-13,15H,6,8,14H2,1-2H3,(H,20,22)/b13-7+,16-9+,17-10+. The molecule has 0 atom stereocenters. The summed E-state index contributed by atoms with van der Waals surface area (Å²) < 4.78 is 0. The van der Waals surface area contributed by atoms with E-state index < -0.39 is 0 Å². The van der Waals surface area contributed by atoms with Gasteiger partial charge in [-0.3, -0.25) is 9.59 Å². The van der Waals surface area contributed by atoms with Gasteiger partial charge in [-0.05, 0) is 37.8 Å². The molecule has 1 N–H and O–H groups in total. The van der Waals surface area contributed by atoms with Crippen molar-refractivity contribution >= 4 is 12.2 Å². The number of aldehydes is 1. The molecule has 0 fully saturated rings. The van der Waals surface area contributed by atoms with E-state index in [0.29, 0.717) is 6.54 Å². The summed E-state index contributed by atoms with van der Waals surface area (Å²) in [7, 11) is 0. The van der Waals surface area contributed by atoms with Gasteiger partial charge in [-0.2, -0.15) is 0 Å². The Balaban J connectivity index is 2.32. The number of hydrogen-bond donors (Lipinski definition) is 1. The number of benzene rings is 1. The summed E-state index contributed by atoms with van der Waals surface area (Å²) in [4.78, 5) is 22.1. The maximum absolute atomic E-state index is 11.7. The molecular weight excluding hydrogens is 274 g/mol. The lowest BCUT2D eigenvalue weighted by molar-refractivity contribution is -0.116. The number of allylic oxidation sites excluding steroid dienone is 5. The molecule has 0 radical (unpaired) electrons. The van der Waals surface area contributed by atoms with Crippen molar-refractivity contribution in [3.05, 3.63) is 71.3 Å². The van der Waals surface area contributed by atoms with E-state index in [2.05, 4.69) is 5.32 Å². The first kappa shape index (κ1) is 17.6. The fraction of sp³-hybridized carbons (Fsp3) is 0.263. The van der Waals surface area contributed by atoms with Crippen LogP contribution in [0.4, 0.5) is 0 Å². The van der Waals surface area contributed by atoms with E-state index in [1.165, 1.54) is 11.6 Å². The lowest BCUT2D eigenvalue weighted by Gasteiger charge is -2.01. The van der Waals surface area contributed by atoms with Gasteiger partial charge in [0.2, 0.25) is 5.91 Å².